The Morgan fingerprint density at radius 1 is 0.714 bits per heavy atom. The number of carbonyl (C=O) groups excluding carboxylic acids is 3. The molecule has 2 aliphatic rings. The highest BCUT2D eigenvalue weighted by Crippen LogP contribution is 2.47. The van der Waals surface area contributed by atoms with Crippen LogP contribution in [0.3, 0.4) is 0 Å². The third kappa shape index (κ3) is 3.19. The van der Waals surface area contributed by atoms with E-state index < -0.39 is 23.9 Å². The number of rotatable bonds is 4. The second-order valence-electron chi connectivity index (χ2n) is 8.96. The van der Waals surface area contributed by atoms with Gasteiger partial charge in [0.1, 0.15) is 6.04 Å². The van der Waals surface area contributed by atoms with Crippen molar-refractivity contribution in [1.29, 1.82) is 0 Å². The van der Waals surface area contributed by atoms with E-state index in [2.05, 4.69) is 0 Å². The number of hydrogen-bond acceptors (Lipinski definition) is 3. The number of amides is 3. The van der Waals surface area contributed by atoms with Crippen molar-refractivity contribution in [2.75, 3.05) is 0 Å². The van der Waals surface area contributed by atoms with Crippen LogP contribution in [0.1, 0.15) is 50.9 Å². The largest absolute Gasteiger partial charge is 0.324 e. The first-order valence-corrected chi connectivity index (χ1v) is 11.9. The molecule has 6 rings (SSSR count). The molecule has 3 amide bonds. The summed E-state index contributed by atoms with van der Waals surface area (Å²) in [6.45, 7) is 1.99. The van der Waals surface area contributed by atoms with Crippen molar-refractivity contribution < 1.29 is 14.4 Å². The molecule has 35 heavy (non-hydrogen) atoms. The smallest absolute Gasteiger partial charge is 0.262 e. The number of likely N-dealkylation sites (tertiary alicyclic amines) is 1. The molecule has 0 spiro atoms. The van der Waals surface area contributed by atoms with Crippen LogP contribution in [0.5, 0.6) is 0 Å². The zero-order valence-electron chi connectivity index (χ0n) is 18.9. The lowest BCUT2D eigenvalue weighted by atomic mass is 9.83. The van der Waals surface area contributed by atoms with Crippen molar-refractivity contribution in [2.45, 2.75) is 25.0 Å². The lowest BCUT2D eigenvalue weighted by Crippen LogP contribution is -2.67. The van der Waals surface area contributed by atoms with Crippen LogP contribution in [0.4, 0.5) is 0 Å². The Balaban J connectivity index is 1.44. The molecule has 0 N–H and O–H groups in total. The maximum absolute atomic E-state index is 13.7. The van der Waals surface area contributed by atoms with Crippen LogP contribution in [-0.2, 0) is 4.79 Å². The fraction of sp³-hybridized carbons (Fsp3) is 0.138. The normalized spacial score (nSPS) is 20.2. The number of β-lactam (4-membered cyclic amide) rings is 1. The Hall–Kier alpha value is -3.96. The van der Waals surface area contributed by atoms with E-state index in [9.17, 15) is 14.4 Å². The van der Waals surface area contributed by atoms with Gasteiger partial charge in [0.2, 0.25) is 5.91 Å². The molecule has 1 saturated heterocycles. The second kappa shape index (κ2) is 8.07. The first-order valence-electron chi connectivity index (χ1n) is 11.5. The highest BCUT2D eigenvalue weighted by Gasteiger charge is 2.58. The van der Waals surface area contributed by atoms with E-state index in [1.165, 1.54) is 0 Å². The lowest BCUT2D eigenvalue weighted by molar-refractivity contribution is -0.160. The summed E-state index contributed by atoms with van der Waals surface area (Å²) in [6.07, 6.45) is 0. The van der Waals surface area contributed by atoms with Gasteiger partial charge in [-0.3, -0.25) is 19.3 Å². The van der Waals surface area contributed by atoms with Gasteiger partial charge in [0, 0.05) is 5.02 Å². The molecule has 172 valence electrons. The number of hydrogen-bond donors (Lipinski definition) is 0. The molecule has 6 heteroatoms. The lowest BCUT2D eigenvalue weighted by Gasteiger charge is -2.52. The van der Waals surface area contributed by atoms with E-state index in [1.54, 1.807) is 41.3 Å². The van der Waals surface area contributed by atoms with Gasteiger partial charge in [-0.1, -0.05) is 78.3 Å². The Labute approximate surface area is 207 Å². The van der Waals surface area contributed by atoms with Crippen LogP contribution >= 0.6 is 11.6 Å². The quantitative estimate of drug-likeness (QED) is 0.274. The van der Waals surface area contributed by atoms with Gasteiger partial charge in [0.25, 0.3) is 11.8 Å². The van der Waals surface area contributed by atoms with Gasteiger partial charge in [-0.15, -0.1) is 0 Å². The van der Waals surface area contributed by atoms with Crippen LogP contribution in [0, 0.1) is 0 Å². The Morgan fingerprint density at radius 2 is 1.31 bits per heavy atom. The predicted molar refractivity (Wildman–Crippen MR) is 134 cm³/mol. The Bertz CT molecular complexity index is 1470. The minimum Gasteiger partial charge on any atom is -0.324 e. The second-order valence-corrected chi connectivity index (χ2v) is 9.39. The van der Waals surface area contributed by atoms with Gasteiger partial charge >= 0.3 is 0 Å². The Kier molecular flexibility index (Phi) is 4.97. The summed E-state index contributed by atoms with van der Waals surface area (Å²) in [6, 6.07) is 26.4. The fourth-order valence-corrected chi connectivity index (χ4v) is 5.53. The molecule has 0 aliphatic carbocycles. The number of nitrogens with zero attached hydrogens (tertiary/aromatic N) is 2. The van der Waals surface area contributed by atoms with Crippen LogP contribution < -0.4 is 0 Å². The highest BCUT2D eigenvalue weighted by molar-refractivity contribution is 6.30. The van der Waals surface area contributed by atoms with Gasteiger partial charge in [0.05, 0.1) is 23.2 Å². The molecule has 3 atom stereocenters. The monoisotopic (exact) mass is 480 g/mol. The summed E-state index contributed by atoms with van der Waals surface area (Å²) >= 11 is 6.14. The summed E-state index contributed by atoms with van der Waals surface area (Å²) in [5.41, 5.74) is 2.50. The number of halogens is 1. The maximum Gasteiger partial charge on any atom is 0.262 e. The fourth-order valence-electron chi connectivity index (χ4n) is 5.41. The van der Waals surface area contributed by atoms with Crippen molar-refractivity contribution in [3.63, 3.8) is 0 Å². The average Bonchev–Trinajstić information content (AvgIpc) is 3.13. The number of benzene rings is 4. The van der Waals surface area contributed by atoms with Gasteiger partial charge in [-0.05, 0) is 53.1 Å². The van der Waals surface area contributed by atoms with Crippen molar-refractivity contribution in [2.24, 2.45) is 0 Å². The molecule has 2 heterocycles. The minimum atomic E-state index is -0.916. The summed E-state index contributed by atoms with van der Waals surface area (Å²) < 4.78 is 0. The summed E-state index contributed by atoms with van der Waals surface area (Å²) in [4.78, 5) is 43.2. The molecule has 0 saturated carbocycles. The zero-order valence-corrected chi connectivity index (χ0v) is 19.6. The van der Waals surface area contributed by atoms with E-state index in [1.807, 2.05) is 61.5 Å². The number of fused-ring (bicyclic) bond motifs is 2. The minimum absolute atomic E-state index is 0.250. The van der Waals surface area contributed by atoms with Gasteiger partial charge in [-0.25, -0.2) is 0 Å². The predicted octanol–water partition coefficient (Wildman–Crippen LogP) is 5.80. The summed E-state index contributed by atoms with van der Waals surface area (Å²) in [7, 11) is 0. The van der Waals surface area contributed by atoms with Crippen molar-refractivity contribution in [3.05, 3.63) is 118 Å². The molecule has 5 nitrogen and oxygen atoms in total. The van der Waals surface area contributed by atoms with Crippen molar-refractivity contribution in [1.82, 2.24) is 9.80 Å². The molecule has 2 aliphatic heterocycles. The van der Waals surface area contributed by atoms with E-state index in [4.69, 9.17) is 11.6 Å². The molecule has 4 aromatic carbocycles. The maximum atomic E-state index is 13.7. The average molecular weight is 481 g/mol. The van der Waals surface area contributed by atoms with Crippen molar-refractivity contribution >= 4 is 40.1 Å². The highest BCUT2D eigenvalue weighted by atomic mass is 35.5. The van der Waals surface area contributed by atoms with Gasteiger partial charge < -0.3 is 4.90 Å². The molecule has 0 radical (unpaired) electrons. The van der Waals surface area contributed by atoms with E-state index in [0.717, 1.165) is 26.8 Å². The topological polar surface area (TPSA) is 57.7 Å². The Morgan fingerprint density at radius 3 is 2.00 bits per heavy atom. The molecule has 4 aromatic rings. The standard InChI is InChI=1S/C29H21ClN2O3/c1-17(21-12-6-8-18-7-2-3-9-22(18)21)31-25(19-13-15-20(30)16-14-19)26(29(31)35)32-27(33)23-10-4-5-11-24(23)28(32)34/h2-17,25-26H,1H3/t17-,25-,26+/m0/s1. The van der Waals surface area contributed by atoms with Gasteiger partial charge in [-0.2, -0.15) is 0 Å². The van der Waals surface area contributed by atoms with E-state index >= 15 is 0 Å². The van der Waals surface area contributed by atoms with E-state index in [-0.39, 0.29) is 11.9 Å². The van der Waals surface area contributed by atoms with Gasteiger partial charge in [0.15, 0.2) is 0 Å². The first kappa shape index (κ1) is 21.6. The molecule has 0 unspecified atom stereocenters. The van der Waals surface area contributed by atoms with Crippen molar-refractivity contribution in [3.8, 4) is 0 Å². The molecule has 1 fully saturated rings. The first-order chi connectivity index (χ1) is 17.0. The number of carbonyl (C=O) groups is 3. The SMILES string of the molecule is C[C@@H](c1cccc2ccccc12)N1C(=O)[C@H](N2C(=O)c3ccccc3C2=O)[C@@H]1c1ccc(Cl)cc1. The van der Waals surface area contributed by atoms with Crippen LogP contribution in [-0.4, -0.2) is 33.6 Å². The zero-order chi connectivity index (χ0) is 24.3. The van der Waals surface area contributed by atoms with Crippen LogP contribution in [0.25, 0.3) is 10.8 Å². The molecule has 0 aromatic heterocycles. The van der Waals surface area contributed by atoms with Crippen LogP contribution in [0.2, 0.25) is 5.02 Å². The third-order valence-corrected chi connectivity index (χ3v) is 7.36. The molecular formula is C29H21ClN2O3. The van der Waals surface area contributed by atoms with Crippen LogP contribution in [0.15, 0.2) is 91.0 Å². The molecular weight excluding hydrogens is 460 g/mol. The third-order valence-electron chi connectivity index (χ3n) is 7.11. The summed E-state index contributed by atoms with van der Waals surface area (Å²) in [5, 5.41) is 2.73. The van der Waals surface area contributed by atoms with E-state index in [0.29, 0.717) is 16.1 Å². The number of imide groups is 1. The molecule has 0 bridgehead atoms. The summed E-state index contributed by atoms with van der Waals surface area (Å²) in [5.74, 6) is -1.11.